The van der Waals surface area contributed by atoms with Gasteiger partial charge in [-0.05, 0) is 17.7 Å². The molecule has 0 aliphatic rings. The van der Waals surface area contributed by atoms with Gasteiger partial charge in [0.05, 0.1) is 24.3 Å². The third-order valence-electron chi connectivity index (χ3n) is 4.02. The molecule has 6 nitrogen and oxygen atoms in total. The fraction of sp³-hybridized carbons (Fsp3) is 0.118. The van der Waals surface area contributed by atoms with Crippen molar-refractivity contribution in [2.24, 2.45) is 0 Å². The lowest BCUT2D eigenvalue weighted by Gasteiger charge is -2.16. The van der Waals surface area contributed by atoms with E-state index in [0.717, 1.165) is 5.39 Å². The van der Waals surface area contributed by atoms with Crippen LogP contribution < -0.4 is 9.47 Å². The second-order valence-electron chi connectivity index (χ2n) is 5.38. The Morgan fingerprint density at radius 1 is 0.923 bits per heavy atom. The van der Waals surface area contributed by atoms with Crippen LogP contribution >= 0.6 is 34.8 Å². The molecule has 3 aromatic heterocycles. The highest BCUT2D eigenvalue weighted by Crippen LogP contribution is 2.47. The number of ether oxygens (including phenoxy) is 2. The van der Waals surface area contributed by atoms with E-state index in [1.807, 2.05) is 6.07 Å². The van der Waals surface area contributed by atoms with E-state index in [1.54, 1.807) is 29.1 Å². The van der Waals surface area contributed by atoms with Crippen molar-refractivity contribution in [3.63, 3.8) is 0 Å². The van der Waals surface area contributed by atoms with Crippen LogP contribution in [-0.2, 0) is 0 Å². The summed E-state index contributed by atoms with van der Waals surface area (Å²) in [5.41, 5.74) is 2.49. The largest absolute Gasteiger partial charge is 0.495 e. The normalized spacial score (nSPS) is 11.3. The lowest BCUT2D eigenvalue weighted by Crippen LogP contribution is -1.98. The standard InChI is InChI=1S/C17H11Cl3N4O2/c1-25-10-6-11(26-2)14(19)12(13(10)18)9-5-8-7-22-17(20)23-15(8)24-4-3-21-16(9)24/h3-7H,1-2H3. The number of imidazole rings is 1. The summed E-state index contributed by atoms with van der Waals surface area (Å²) >= 11 is 19.1. The van der Waals surface area contributed by atoms with E-state index in [2.05, 4.69) is 15.0 Å². The molecule has 0 atom stereocenters. The SMILES string of the molecule is COc1cc(OC)c(Cl)c(-c2cc3cnc(Cl)nc3n3ccnc23)c1Cl. The van der Waals surface area contributed by atoms with Gasteiger partial charge in [-0.3, -0.25) is 4.40 Å². The van der Waals surface area contributed by atoms with Crippen LogP contribution in [0.3, 0.4) is 0 Å². The monoisotopic (exact) mass is 408 g/mol. The quantitative estimate of drug-likeness (QED) is 0.449. The number of methoxy groups -OCH3 is 2. The molecule has 0 spiro atoms. The van der Waals surface area contributed by atoms with Gasteiger partial charge >= 0.3 is 0 Å². The average molecular weight is 410 g/mol. The van der Waals surface area contributed by atoms with Crippen molar-refractivity contribution in [2.45, 2.75) is 0 Å². The summed E-state index contributed by atoms with van der Waals surface area (Å²) in [4.78, 5) is 12.8. The summed E-state index contributed by atoms with van der Waals surface area (Å²) in [6.07, 6.45) is 5.07. The molecule has 0 saturated heterocycles. The van der Waals surface area contributed by atoms with Crippen LogP contribution in [0.25, 0.3) is 27.8 Å². The molecule has 0 aliphatic carbocycles. The van der Waals surface area contributed by atoms with Crippen LogP contribution in [0, 0.1) is 0 Å². The van der Waals surface area contributed by atoms with Gasteiger partial charge in [-0.25, -0.2) is 9.97 Å². The van der Waals surface area contributed by atoms with Crippen LogP contribution in [0.5, 0.6) is 11.5 Å². The highest BCUT2D eigenvalue weighted by atomic mass is 35.5. The van der Waals surface area contributed by atoms with Gasteiger partial charge in [0.1, 0.15) is 17.1 Å². The van der Waals surface area contributed by atoms with Crippen molar-refractivity contribution < 1.29 is 9.47 Å². The topological polar surface area (TPSA) is 61.5 Å². The number of fused-ring (bicyclic) bond motifs is 3. The zero-order valence-corrected chi connectivity index (χ0v) is 15.9. The average Bonchev–Trinajstić information content (AvgIpc) is 3.12. The van der Waals surface area contributed by atoms with Gasteiger partial charge in [0.25, 0.3) is 0 Å². The predicted octanol–water partition coefficient (Wildman–Crippen LogP) is 4.92. The van der Waals surface area contributed by atoms with Crippen molar-refractivity contribution in [1.29, 1.82) is 0 Å². The van der Waals surface area contributed by atoms with Crippen LogP contribution in [-0.4, -0.2) is 33.6 Å². The van der Waals surface area contributed by atoms with Crippen LogP contribution in [0.1, 0.15) is 0 Å². The third kappa shape index (κ3) is 2.53. The van der Waals surface area contributed by atoms with Gasteiger partial charge in [0.15, 0.2) is 5.65 Å². The fourth-order valence-corrected chi connectivity index (χ4v) is 3.69. The summed E-state index contributed by atoms with van der Waals surface area (Å²) in [6, 6.07) is 3.50. The van der Waals surface area contributed by atoms with E-state index in [0.29, 0.717) is 44.0 Å². The number of aromatic nitrogens is 4. The summed E-state index contributed by atoms with van der Waals surface area (Å²) in [5.74, 6) is 0.889. The molecule has 0 fully saturated rings. The molecule has 0 radical (unpaired) electrons. The smallest absolute Gasteiger partial charge is 0.224 e. The van der Waals surface area contributed by atoms with Crippen molar-refractivity contribution in [2.75, 3.05) is 14.2 Å². The van der Waals surface area contributed by atoms with Crippen LogP contribution in [0.15, 0.2) is 30.7 Å². The van der Waals surface area contributed by atoms with E-state index >= 15 is 0 Å². The Morgan fingerprint density at radius 2 is 1.62 bits per heavy atom. The van der Waals surface area contributed by atoms with Crippen LogP contribution in [0.2, 0.25) is 15.3 Å². The van der Waals surface area contributed by atoms with E-state index in [4.69, 9.17) is 44.3 Å². The Morgan fingerprint density at radius 3 is 2.27 bits per heavy atom. The number of pyridine rings is 1. The maximum atomic E-state index is 6.57. The molecule has 26 heavy (non-hydrogen) atoms. The van der Waals surface area contributed by atoms with Crippen molar-refractivity contribution in [3.05, 3.63) is 46.1 Å². The molecule has 4 aromatic rings. The molecule has 0 N–H and O–H groups in total. The summed E-state index contributed by atoms with van der Waals surface area (Å²) in [6.45, 7) is 0. The van der Waals surface area contributed by atoms with Crippen molar-refractivity contribution in [1.82, 2.24) is 19.4 Å². The molecule has 9 heteroatoms. The first kappa shape index (κ1) is 17.1. The summed E-state index contributed by atoms with van der Waals surface area (Å²) in [5, 5.41) is 1.62. The lowest BCUT2D eigenvalue weighted by atomic mass is 10.0. The Hall–Kier alpha value is -2.28. The van der Waals surface area contributed by atoms with Crippen LogP contribution in [0.4, 0.5) is 0 Å². The molecular formula is C17H11Cl3N4O2. The molecule has 4 rings (SSSR count). The summed E-state index contributed by atoms with van der Waals surface area (Å²) in [7, 11) is 3.05. The second-order valence-corrected chi connectivity index (χ2v) is 6.47. The van der Waals surface area contributed by atoms with Gasteiger partial charge in [-0.2, -0.15) is 4.98 Å². The molecule has 3 heterocycles. The minimum absolute atomic E-state index is 0.152. The molecule has 1 aromatic carbocycles. The Kier molecular flexibility index (Phi) is 4.26. The highest BCUT2D eigenvalue weighted by Gasteiger charge is 2.22. The molecular weight excluding hydrogens is 399 g/mol. The fourth-order valence-electron chi connectivity index (χ4n) is 2.86. The first-order chi connectivity index (χ1) is 12.5. The zero-order valence-electron chi connectivity index (χ0n) is 13.6. The highest BCUT2D eigenvalue weighted by molar-refractivity contribution is 6.41. The van der Waals surface area contributed by atoms with E-state index in [9.17, 15) is 0 Å². The molecule has 0 aliphatic heterocycles. The van der Waals surface area contributed by atoms with Crippen molar-refractivity contribution in [3.8, 4) is 22.6 Å². The number of rotatable bonds is 3. The molecule has 132 valence electrons. The maximum absolute atomic E-state index is 6.57. The number of hydrogen-bond acceptors (Lipinski definition) is 5. The third-order valence-corrected chi connectivity index (χ3v) is 4.95. The molecule has 0 unspecified atom stereocenters. The summed E-state index contributed by atoms with van der Waals surface area (Å²) < 4.78 is 12.5. The first-order valence-electron chi connectivity index (χ1n) is 7.43. The second kappa shape index (κ2) is 6.46. The Labute approximate surface area is 163 Å². The van der Waals surface area contributed by atoms with E-state index in [1.165, 1.54) is 14.2 Å². The lowest BCUT2D eigenvalue weighted by molar-refractivity contribution is 0.395. The van der Waals surface area contributed by atoms with E-state index < -0.39 is 0 Å². The van der Waals surface area contributed by atoms with Gasteiger partial charge in [0, 0.05) is 41.2 Å². The van der Waals surface area contributed by atoms with Gasteiger partial charge < -0.3 is 9.47 Å². The first-order valence-corrected chi connectivity index (χ1v) is 8.57. The van der Waals surface area contributed by atoms with Crippen molar-refractivity contribution >= 4 is 51.5 Å². The maximum Gasteiger partial charge on any atom is 0.224 e. The molecule has 0 bridgehead atoms. The number of benzene rings is 1. The minimum atomic E-state index is 0.152. The van der Waals surface area contributed by atoms with E-state index in [-0.39, 0.29) is 5.28 Å². The molecule has 0 amide bonds. The Balaban J connectivity index is 2.15. The van der Waals surface area contributed by atoms with Gasteiger partial charge in [-0.1, -0.05) is 23.2 Å². The minimum Gasteiger partial charge on any atom is -0.495 e. The Bertz CT molecular complexity index is 1130. The van der Waals surface area contributed by atoms with Gasteiger partial charge in [-0.15, -0.1) is 0 Å². The van der Waals surface area contributed by atoms with Gasteiger partial charge in [0.2, 0.25) is 5.28 Å². The predicted molar refractivity (Wildman–Crippen MR) is 102 cm³/mol. The zero-order chi connectivity index (χ0) is 18.4. The molecule has 0 saturated carbocycles. The number of halogens is 3. The number of nitrogens with zero attached hydrogens (tertiary/aromatic N) is 4. The number of hydrogen-bond donors (Lipinski definition) is 0.